The van der Waals surface area contributed by atoms with Crippen LogP contribution in [0.1, 0.15) is 11.1 Å². The second kappa shape index (κ2) is 11.5. The number of rotatable bonds is 2. The Hall–Kier alpha value is -3.08. The molecule has 0 spiro atoms. The maximum absolute atomic E-state index is 8.39. The molecule has 2 aromatic carbocycles. The first-order chi connectivity index (χ1) is 12.1. The number of hydrogen-bond acceptors (Lipinski definition) is 7. The summed E-state index contributed by atoms with van der Waals surface area (Å²) in [6, 6.07) is 16.7. The molecule has 7 heteroatoms. The van der Waals surface area contributed by atoms with Crippen molar-refractivity contribution in [2.45, 2.75) is 0 Å². The van der Waals surface area contributed by atoms with Gasteiger partial charge in [-0.15, -0.1) is 0 Å². The number of para-hydroxylation sites is 2. The first kappa shape index (κ1) is 20.0. The zero-order valence-electron chi connectivity index (χ0n) is 14.2. The molecule has 9 N–H and O–H groups in total. The van der Waals surface area contributed by atoms with Gasteiger partial charge in [0, 0.05) is 36.6 Å². The van der Waals surface area contributed by atoms with Crippen LogP contribution < -0.4 is 28.3 Å². The van der Waals surface area contributed by atoms with Crippen molar-refractivity contribution in [3.63, 3.8) is 0 Å². The number of hydrogen-bond donors (Lipinski definition) is 5. The lowest BCUT2D eigenvalue weighted by atomic mass is 10.1. The zero-order chi connectivity index (χ0) is 18.5. The molecule has 1 aliphatic heterocycles. The molecule has 0 saturated heterocycles. The van der Waals surface area contributed by atoms with Crippen LogP contribution >= 0.6 is 0 Å². The van der Waals surface area contributed by atoms with E-state index in [0.717, 1.165) is 30.2 Å². The second-order valence-corrected chi connectivity index (χ2v) is 5.02. The molecule has 0 aliphatic carbocycles. The number of nitriles is 1. The average molecular weight is 339 g/mol. The molecule has 0 radical (unpaired) electrons. The number of amidine groups is 1. The number of nitrogen functional groups attached to an aromatic ring is 2. The van der Waals surface area contributed by atoms with Crippen LogP contribution in [0.3, 0.4) is 0 Å². The molecule has 0 fully saturated rings. The molecular weight excluding hydrogens is 314 g/mol. The van der Waals surface area contributed by atoms with Crippen molar-refractivity contribution in [2.75, 3.05) is 37.6 Å². The van der Waals surface area contributed by atoms with Crippen LogP contribution in [0.4, 0.5) is 11.4 Å². The van der Waals surface area contributed by atoms with Crippen molar-refractivity contribution < 1.29 is 0 Å². The van der Waals surface area contributed by atoms with Gasteiger partial charge in [-0.2, -0.15) is 5.26 Å². The van der Waals surface area contributed by atoms with Crippen molar-refractivity contribution in [3.8, 4) is 6.07 Å². The Balaban J connectivity index is 0.000000213. The molecule has 2 aromatic rings. The van der Waals surface area contributed by atoms with Gasteiger partial charge in [0.05, 0.1) is 12.1 Å². The van der Waals surface area contributed by atoms with Gasteiger partial charge in [-0.05, 0) is 24.3 Å². The van der Waals surface area contributed by atoms with Crippen LogP contribution in [0.5, 0.6) is 0 Å². The van der Waals surface area contributed by atoms with E-state index in [1.807, 2.05) is 30.3 Å². The first-order valence-corrected chi connectivity index (χ1v) is 7.92. The van der Waals surface area contributed by atoms with E-state index in [4.69, 9.17) is 28.2 Å². The van der Waals surface area contributed by atoms with E-state index < -0.39 is 0 Å². The molecule has 0 amide bonds. The number of aliphatic imine (C=N–C) groups is 1. The summed E-state index contributed by atoms with van der Waals surface area (Å²) in [5.74, 6) is 0.924. The summed E-state index contributed by atoms with van der Waals surface area (Å²) >= 11 is 0. The molecule has 25 heavy (non-hydrogen) atoms. The van der Waals surface area contributed by atoms with Crippen LogP contribution in [0.15, 0.2) is 53.5 Å². The van der Waals surface area contributed by atoms with Crippen LogP contribution in [-0.2, 0) is 0 Å². The highest BCUT2D eigenvalue weighted by Crippen LogP contribution is 2.11. The predicted octanol–water partition coefficient (Wildman–Crippen LogP) is 0.663. The highest BCUT2D eigenvalue weighted by molar-refractivity contribution is 6.03. The fourth-order valence-corrected chi connectivity index (χ4v) is 1.89. The summed E-state index contributed by atoms with van der Waals surface area (Å²) in [5.41, 5.74) is 23.9. The molecule has 0 aromatic heterocycles. The van der Waals surface area contributed by atoms with Gasteiger partial charge in [-0.1, -0.05) is 24.3 Å². The van der Waals surface area contributed by atoms with Crippen LogP contribution in [0.2, 0.25) is 0 Å². The summed E-state index contributed by atoms with van der Waals surface area (Å²) in [6.07, 6.45) is 0. The quantitative estimate of drug-likeness (QED) is 0.507. The van der Waals surface area contributed by atoms with E-state index >= 15 is 0 Å². The van der Waals surface area contributed by atoms with Gasteiger partial charge in [0.15, 0.2) is 0 Å². The largest absolute Gasteiger partial charge is 0.398 e. The Bertz CT molecular complexity index is 717. The van der Waals surface area contributed by atoms with Crippen LogP contribution in [0.25, 0.3) is 0 Å². The second-order valence-electron chi connectivity index (χ2n) is 5.02. The fraction of sp³-hybridized carbons (Fsp3) is 0.222. The van der Waals surface area contributed by atoms with Gasteiger partial charge in [-0.3, -0.25) is 4.99 Å². The van der Waals surface area contributed by atoms with E-state index in [-0.39, 0.29) is 0 Å². The molecule has 0 atom stereocenters. The van der Waals surface area contributed by atoms with Gasteiger partial charge in [0.25, 0.3) is 0 Å². The first-order valence-electron chi connectivity index (χ1n) is 7.92. The Kier molecular flexibility index (Phi) is 9.15. The van der Waals surface area contributed by atoms with E-state index in [0.29, 0.717) is 24.3 Å². The third-order valence-electron chi connectivity index (χ3n) is 3.14. The monoisotopic (exact) mass is 339 g/mol. The van der Waals surface area contributed by atoms with Gasteiger partial charge in [-0.25, -0.2) is 0 Å². The number of benzene rings is 2. The van der Waals surface area contributed by atoms with Gasteiger partial charge in [0.1, 0.15) is 11.9 Å². The summed E-state index contributed by atoms with van der Waals surface area (Å²) < 4.78 is 0. The Morgan fingerprint density at radius 2 is 1.56 bits per heavy atom. The lowest BCUT2D eigenvalue weighted by molar-refractivity contribution is 0.960. The summed E-state index contributed by atoms with van der Waals surface area (Å²) in [6.45, 7) is 2.97. The SMILES string of the molecule is N#Cc1ccccc1N.NCCN.Nc1ccccc1C1=NCCN1. The van der Waals surface area contributed by atoms with Crippen molar-refractivity contribution >= 4 is 17.2 Å². The standard InChI is InChI=1S/C9H11N3.C7H6N2.C2H8N2/c10-8-4-2-1-3-7(8)9-11-5-6-12-9;8-5-6-3-1-2-4-7(6)9;3-1-2-4/h1-4H,5-6,10H2,(H,11,12);1-4H,9H2;1-4H2. The highest BCUT2D eigenvalue weighted by Gasteiger charge is 2.09. The van der Waals surface area contributed by atoms with Crippen LogP contribution in [-0.4, -0.2) is 32.0 Å². The van der Waals surface area contributed by atoms with Crippen molar-refractivity contribution in [1.82, 2.24) is 5.32 Å². The average Bonchev–Trinajstić information content (AvgIpc) is 3.18. The van der Waals surface area contributed by atoms with E-state index in [2.05, 4.69) is 10.3 Å². The zero-order valence-corrected chi connectivity index (χ0v) is 14.2. The fourth-order valence-electron chi connectivity index (χ4n) is 1.89. The topological polar surface area (TPSA) is 152 Å². The Morgan fingerprint density at radius 1 is 0.960 bits per heavy atom. The summed E-state index contributed by atoms with van der Waals surface area (Å²) in [7, 11) is 0. The molecule has 132 valence electrons. The molecule has 1 aliphatic rings. The minimum atomic E-state index is 0.539. The molecule has 3 rings (SSSR count). The number of nitrogens with two attached hydrogens (primary N) is 4. The highest BCUT2D eigenvalue weighted by atomic mass is 15.1. The third-order valence-corrected chi connectivity index (χ3v) is 3.14. The smallest absolute Gasteiger partial charge is 0.130 e. The van der Waals surface area contributed by atoms with Crippen molar-refractivity contribution in [2.24, 2.45) is 16.5 Å². The van der Waals surface area contributed by atoms with E-state index in [1.54, 1.807) is 24.3 Å². The molecule has 0 bridgehead atoms. The van der Waals surface area contributed by atoms with Crippen LogP contribution in [0, 0.1) is 11.3 Å². The van der Waals surface area contributed by atoms with Crippen molar-refractivity contribution in [1.29, 1.82) is 5.26 Å². The van der Waals surface area contributed by atoms with E-state index in [9.17, 15) is 0 Å². The number of anilines is 2. The number of nitrogens with one attached hydrogen (secondary N) is 1. The summed E-state index contributed by atoms with van der Waals surface area (Å²) in [4.78, 5) is 4.29. The minimum Gasteiger partial charge on any atom is -0.398 e. The van der Waals surface area contributed by atoms with Gasteiger partial charge >= 0.3 is 0 Å². The normalized spacial score (nSPS) is 11.6. The Morgan fingerprint density at radius 3 is 2.00 bits per heavy atom. The Labute approximate surface area is 148 Å². The number of nitrogens with zero attached hydrogens (tertiary/aromatic N) is 2. The minimum absolute atomic E-state index is 0.539. The maximum atomic E-state index is 8.39. The van der Waals surface area contributed by atoms with Crippen molar-refractivity contribution in [3.05, 3.63) is 59.7 Å². The maximum Gasteiger partial charge on any atom is 0.130 e. The van der Waals surface area contributed by atoms with Gasteiger partial charge < -0.3 is 28.3 Å². The molecule has 7 nitrogen and oxygen atoms in total. The van der Waals surface area contributed by atoms with E-state index in [1.165, 1.54) is 0 Å². The lowest BCUT2D eigenvalue weighted by Crippen LogP contribution is -2.20. The molecule has 0 saturated carbocycles. The third kappa shape index (κ3) is 6.91. The predicted molar refractivity (Wildman–Crippen MR) is 104 cm³/mol. The molecule has 0 unspecified atom stereocenters. The van der Waals surface area contributed by atoms with Gasteiger partial charge in [0.2, 0.25) is 0 Å². The lowest BCUT2D eigenvalue weighted by Gasteiger charge is -2.04. The molecular formula is C18H25N7. The molecule has 1 heterocycles. The summed E-state index contributed by atoms with van der Waals surface area (Å²) in [5, 5.41) is 11.6.